The summed E-state index contributed by atoms with van der Waals surface area (Å²) in [6.45, 7) is 17.1. The molecule has 0 fully saturated rings. The third-order valence-electron chi connectivity index (χ3n) is 9.70. The third-order valence-corrected chi connectivity index (χ3v) is 9.70. The highest BCUT2D eigenvalue weighted by Gasteiger charge is 2.76. The zero-order valence-electron chi connectivity index (χ0n) is 24.3. The van der Waals surface area contributed by atoms with Crippen LogP contribution in [0.15, 0.2) is 52.9 Å². The number of hydrogen-bond acceptors (Lipinski definition) is 4. The van der Waals surface area contributed by atoms with E-state index in [9.17, 15) is 0 Å². The van der Waals surface area contributed by atoms with Gasteiger partial charge in [-0.2, -0.15) is 0 Å². The molecule has 0 radical (unpaired) electrons. The minimum absolute atomic E-state index is 0.731. The summed E-state index contributed by atoms with van der Waals surface area (Å²) < 4.78 is 28.0. The molecule has 3 aliphatic rings. The summed E-state index contributed by atoms with van der Waals surface area (Å²) in [7, 11) is 0. The number of ether oxygens (including phenoxy) is 3. The van der Waals surface area contributed by atoms with E-state index in [-0.39, 0.29) is 0 Å². The van der Waals surface area contributed by atoms with E-state index in [0.717, 1.165) is 72.9 Å². The third kappa shape index (κ3) is 2.62. The quantitative estimate of drug-likeness (QED) is 0.201. The topological polar surface area (TPSA) is 40.8 Å². The molecule has 0 bridgehead atoms. The fourth-order valence-electron chi connectivity index (χ4n) is 6.87. The summed E-state index contributed by atoms with van der Waals surface area (Å²) in [6, 6.07) is 17.5. The molecule has 5 aromatic rings. The van der Waals surface area contributed by atoms with Gasteiger partial charge in [0.2, 0.25) is 5.41 Å². The molecule has 0 amide bonds. The van der Waals surface area contributed by atoms with Crippen LogP contribution in [0.3, 0.4) is 0 Å². The molecule has 0 unspecified atom stereocenters. The predicted molar refractivity (Wildman–Crippen MR) is 157 cm³/mol. The van der Waals surface area contributed by atoms with Crippen LogP contribution < -0.4 is 14.2 Å². The molecule has 0 saturated carbocycles. The molecule has 0 spiro atoms. The van der Waals surface area contributed by atoms with Crippen molar-refractivity contribution in [2.75, 3.05) is 0 Å². The fourth-order valence-corrected chi connectivity index (χ4v) is 6.87. The lowest BCUT2D eigenvalue weighted by molar-refractivity contribution is -0.253. The first-order valence-corrected chi connectivity index (χ1v) is 14.0. The molecule has 40 heavy (non-hydrogen) atoms. The van der Waals surface area contributed by atoms with Crippen LogP contribution in [0, 0.1) is 55.4 Å². The second kappa shape index (κ2) is 7.31. The van der Waals surface area contributed by atoms with E-state index in [1.165, 1.54) is 27.8 Å². The van der Waals surface area contributed by atoms with Crippen LogP contribution in [0.4, 0.5) is 0 Å². The molecule has 4 heterocycles. The Hall–Kier alpha value is -4.18. The van der Waals surface area contributed by atoms with Crippen molar-refractivity contribution in [3.8, 4) is 28.4 Å². The van der Waals surface area contributed by atoms with Crippen molar-refractivity contribution in [3.05, 3.63) is 110 Å². The average Bonchev–Trinajstić information content (AvgIpc) is 3.43. The van der Waals surface area contributed by atoms with Gasteiger partial charge in [-0.25, -0.2) is 0 Å². The highest BCUT2D eigenvalue weighted by molar-refractivity contribution is 6.00. The molecular formula is C36H32O4. The smallest absolute Gasteiger partial charge is 0.439 e. The van der Waals surface area contributed by atoms with Crippen LogP contribution in [0.5, 0.6) is 17.2 Å². The van der Waals surface area contributed by atoms with Crippen LogP contribution in [0.25, 0.3) is 22.1 Å². The van der Waals surface area contributed by atoms with Gasteiger partial charge in [-0.1, -0.05) is 12.1 Å². The second-order valence-electron chi connectivity index (χ2n) is 12.1. The van der Waals surface area contributed by atoms with Gasteiger partial charge in [0, 0.05) is 27.6 Å². The molecule has 3 aliphatic heterocycles. The zero-order chi connectivity index (χ0) is 27.9. The first-order valence-electron chi connectivity index (χ1n) is 14.0. The van der Waals surface area contributed by atoms with E-state index >= 15 is 0 Å². The van der Waals surface area contributed by atoms with Gasteiger partial charge in [0.15, 0.2) is 0 Å². The van der Waals surface area contributed by atoms with Gasteiger partial charge >= 0.3 is 5.97 Å². The zero-order valence-corrected chi connectivity index (χ0v) is 24.3. The maximum atomic E-state index is 7.08. The Morgan fingerprint density at radius 3 is 1.52 bits per heavy atom. The van der Waals surface area contributed by atoms with Crippen LogP contribution in [-0.2, 0) is 5.41 Å². The maximum absolute atomic E-state index is 7.08. The summed E-state index contributed by atoms with van der Waals surface area (Å²) in [5.41, 5.74) is 13.4. The molecule has 200 valence electrons. The average molecular weight is 529 g/mol. The van der Waals surface area contributed by atoms with Crippen molar-refractivity contribution in [1.82, 2.24) is 0 Å². The molecule has 1 aromatic heterocycles. The van der Waals surface area contributed by atoms with Crippen molar-refractivity contribution in [3.63, 3.8) is 0 Å². The second-order valence-corrected chi connectivity index (χ2v) is 12.1. The first kappa shape index (κ1) is 23.7. The van der Waals surface area contributed by atoms with Gasteiger partial charge in [-0.3, -0.25) is 0 Å². The van der Waals surface area contributed by atoms with Crippen LogP contribution in [0.2, 0.25) is 0 Å². The normalized spacial score (nSPS) is 21.3. The Morgan fingerprint density at radius 2 is 0.925 bits per heavy atom. The molecule has 4 heteroatoms. The molecule has 4 aromatic carbocycles. The van der Waals surface area contributed by atoms with E-state index in [2.05, 4.69) is 104 Å². The van der Waals surface area contributed by atoms with Crippen molar-refractivity contribution < 1.29 is 18.6 Å². The van der Waals surface area contributed by atoms with Gasteiger partial charge in [0.25, 0.3) is 0 Å². The van der Waals surface area contributed by atoms with Gasteiger partial charge in [0.05, 0.1) is 0 Å². The number of hydrogen-bond donors (Lipinski definition) is 0. The van der Waals surface area contributed by atoms with Gasteiger partial charge < -0.3 is 18.6 Å². The van der Waals surface area contributed by atoms with Crippen molar-refractivity contribution in [2.24, 2.45) is 0 Å². The van der Waals surface area contributed by atoms with E-state index in [0.29, 0.717) is 0 Å². The Labute approximate surface area is 234 Å². The maximum Gasteiger partial charge on any atom is 0.439 e. The number of rotatable bonds is 0. The SMILES string of the molecule is Cc1cc2c(cc1C)-c1c(oc3cc(C)c(C)cc13)C13c4cc(C)c(C)cc4OC1(O2)Oc1cc(C)c(C)cc13. The Bertz CT molecular complexity index is 1910. The van der Waals surface area contributed by atoms with E-state index in [1.54, 1.807) is 0 Å². The van der Waals surface area contributed by atoms with Crippen molar-refractivity contribution in [2.45, 2.75) is 66.8 Å². The molecule has 0 atom stereocenters. The molecule has 0 saturated heterocycles. The number of furan rings is 1. The fraction of sp³-hybridized carbons (Fsp3) is 0.278. The summed E-state index contributed by atoms with van der Waals surface area (Å²) in [5.74, 6) is 1.56. The molecule has 0 N–H and O–H groups in total. The molecule has 0 aliphatic carbocycles. The summed E-state index contributed by atoms with van der Waals surface area (Å²) in [4.78, 5) is 0. The molecule has 8 rings (SSSR count). The van der Waals surface area contributed by atoms with Crippen LogP contribution >= 0.6 is 0 Å². The van der Waals surface area contributed by atoms with Gasteiger partial charge in [-0.05, 0) is 136 Å². The van der Waals surface area contributed by atoms with Crippen molar-refractivity contribution >= 4 is 11.0 Å². The Morgan fingerprint density at radius 1 is 0.475 bits per heavy atom. The van der Waals surface area contributed by atoms with Gasteiger partial charge in [0.1, 0.15) is 28.6 Å². The van der Waals surface area contributed by atoms with E-state index in [4.69, 9.17) is 18.6 Å². The van der Waals surface area contributed by atoms with Crippen LogP contribution in [0.1, 0.15) is 61.4 Å². The number of benzene rings is 4. The largest absolute Gasteiger partial charge is 0.459 e. The summed E-state index contributed by atoms with van der Waals surface area (Å²) in [6.07, 6.45) is 0. The van der Waals surface area contributed by atoms with E-state index < -0.39 is 11.4 Å². The standard InChI is InChI=1S/C36H32O4/c1-17-9-25-29(13-21(17)5)37-34-33(25)26-10-18(2)22(6)14-30(26)38-36-35(34,27-11-19(3)23(7)15-31(27)39-36)28-12-20(4)24(8)16-32(28)40-36/h9-16H,1-8H3. The van der Waals surface area contributed by atoms with Crippen LogP contribution in [-0.4, -0.2) is 5.97 Å². The van der Waals surface area contributed by atoms with E-state index in [1.807, 2.05) is 0 Å². The Balaban J connectivity index is 1.63. The highest BCUT2D eigenvalue weighted by Crippen LogP contribution is 2.68. The van der Waals surface area contributed by atoms with Crippen molar-refractivity contribution in [1.29, 1.82) is 0 Å². The summed E-state index contributed by atoms with van der Waals surface area (Å²) in [5, 5.41) is 1.07. The minimum Gasteiger partial charge on any atom is -0.459 e. The predicted octanol–water partition coefficient (Wildman–Crippen LogP) is 8.73. The minimum atomic E-state index is -1.50. The number of fused-ring (bicyclic) bond motifs is 7. The van der Waals surface area contributed by atoms with Gasteiger partial charge in [-0.15, -0.1) is 0 Å². The lowest BCUT2D eigenvalue weighted by Gasteiger charge is -2.34. The first-order chi connectivity index (χ1) is 19.0. The number of aryl methyl sites for hydroxylation is 8. The monoisotopic (exact) mass is 528 g/mol. The summed E-state index contributed by atoms with van der Waals surface area (Å²) >= 11 is 0. The highest BCUT2D eigenvalue weighted by atomic mass is 16.9. The Kier molecular flexibility index (Phi) is 4.33. The molecular weight excluding hydrogens is 496 g/mol. The lowest BCUT2D eigenvalue weighted by Crippen LogP contribution is -2.57. The molecule has 4 nitrogen and oxygen atoms in total. The lowest BCUT2D eigenvalue weighted by atomic mass is 9.70.